The van der Waals surface area contributed by atoms with Crippen molar-refractivity contribution in [1.29, 1.82) is 0 Å². The molecule has 70 valence electrons. The van der Waals surface area contributed by atoms with Crippen LogP contribution in [0.5, 0.6) is 0 Å². The predicted molar refractivity (Wildman–Crippen MR) is 50.0 cm³/mol. The number of aliphatic hydroxyl groups excluding tert-OH is 1. The van der Waals surface area contributed by atoms with E-state index in [0.29, 0.717) is 17.7 Å². The van der Waals surface area contributed by atoms with Gasteiger partial charge in [0.1, 0.15) is 5.76 Å². The third kappa shape index (κ3) is 1.31. The van der Waals surface area contributed by atoms with Crippen LogP contribution in [0.4, 0.5) is 0 Å². The number of fused-ring (bicyclic) bond motifs is 1. The molecule has 2 aliphatic rings. The van der Waals surface area contributed by atoms with E-state index in [2.05, 4.69) is 4.99 Å². The molecule has 1 heterocycles. The third-order valence-corrected chi connectivity index (χ3v) is 1.99. The quantitative estimate of drug-likeness (QED) is 0.575. The van der Waals surface area contributed by atoms with E-state index in [1.54, 1.807) is 18.2 Å². The maximum Gasteiger partial charge on any atom is 0.318 e. The van der Waals surface area contributed by atoms with Gasteiger partial charge in [-0.1, -0.05) is 12.2 Å². The van der Waals surface area contributed by atoms with Gasteiger partial charge in [-0.2, -0.15) is 0 Å². The summed E-state index contributed by atoms with van der Waals surface area (Å²) in [7, 11) is 0. The number of carbonyl (C=O) groups is 2. The largest absolute Gasteiger partial charge is 0.507 e. The van der Waals surface area contributed by atoms with E-state index in [0.717, 1.165) is 6.08 Å². The van der Waals surface area contributed by atoms with E-state index in [1.807, 2.05) is 0 Å². The van der Waals surface area contributed by atoms with Crippen LogP contribution in [0.1, 0.15) is 6.42 Å². The lowest BCUT2D eigenvalue weighted by Crippen LogP contribution is -2.08. The summed E-state index contributed by atoms with van der Waals surface area (Å²) in [6.45, 7) is 0. The number of allylic oxidation sites excluding steroid dienone is 4. The van der Waals surface area contributed by atoms with Crippen LogP contribution in [-0.2, 0) is 9.59 Å². The van der Waals surface area contributed by atoms with Crippen LogP contribution in [-0.4, -0.2) is 22.5 Å². The highest BCUT2D eigenvalue weighted by molar-refractivity contribution is 6.44. The van der Waals surface area contributed by atoms with Gasteiger partial charge in [0.15, 0.2) is 0 Å². The molecule has 0 unspecified atom stereocenters. The smallest absolute Gasteiger partial charge is 0.318 e. The summed E-state index contributed by atoms with van der Waals surface area (Å²) in [4.78, 5) is 25.7. The number of hydrogen-bond acceptors (Lipinski definition) is 3. The van der Waals surface area contributed by atoms with Gasteiger partial charge in [0.2, 0.25) is 5.78 Å². The monoisotopic (exact) mass is 189 g/mol. The van der Waals surface area contributed by atoms with Crippen molar-refractivity contribution >= 4 is 17.4 Å². The fraction of sp³-hybridized carbons (Fsp3) is 0.100. The fourth-order valence-electron chi connectivity index (χ4n) is 1.32. The van der Waals surface area contributed by atoms with E-state index in [4.69, 9.17) is 0 Å². The maximum absolute atomic E-state index is 11.1. The van der Waals surface area contributed by atoms with Crippen LogP contribution in [0.25, 0.3) is 0 Å². The molecule has 0 atom stereocenters. The van der Waals surface area contributed by atoms with Crippen LogP contribution in [0.2, 0.25) is 0 Å². The number of aliphatic hydroxyl groups is 1. The second kappa shape index (κ2) is 3.06. The topological polar surface area (TPSA) is 66.7 Å². The van der Waals surface area contributed by atoms with E-state index < -0.39 is 11.7 Å². The average molecular weight is 189 g/mol. The van der Waals surface area contributed by atoms with E-state index in [1.165, 1.54) is 0 Å². The van der Waals surface area contributed by atoms with Gasteiger partial charge in [-0.3, -0.25) is 9.59 Å². The van der Waals surface area contributed by atoms with Gasteiger partial charge in [0.05, 0.1) is 5.71 Å². The molecule has 0 spiro atoms. The second-order valence-electron chi connectivity index (χ2n) is 2.95. The van der Waals surface area contributed by atoms with Crippen LogP contribution in [0.15, 0.2) is 40.6 Å². The Bertz CT molecular complexity index is 438. The summed E-state index contributed by atoms with van der Waals surface area (Å²) < 4.78 is 0. The highest BCUT2D eigenvalue weighted by Gasteiger charge is 2.21. The molecule has 0 aromatic heterocycles. The molecule has 0 aromatic carbocycles. The zero-order chi connectivity index (χ0) is 10.1. The van der Waals surface area contributed by atoms with Crippen molar-refractivity contribution in [2.45, 2.75) is 6.42 Å². The first-order valence-electron chi connectivity index (χ1n) is 4.13. The molecule has 0 fully saturated rings. The lowest BCUT2D eigenvalue weighted by molar-refractivity contribution is -0.133. The van der Waals surface area contributed by atoms with Gasteiger partial charge < -0.3 is 5.11 Å². The van der Waals surface area contributed by atoms with Gasteiger partial charge in [0.25, 0.3) is 0 Å². The average Bonchev–Trinajstić information content (AvgIpc) is 2.27. The first kappa shape index (κ1) is 8.62. The zero-order valence-corrected chi connectivity index (χ0v) is 7.23. The Morgan fingerprint density at radius 2 is 2.14 bits per heavy atom. The van der Waals surface area contributed by atoms with Crippen LogP contribution in [0, 0.1) is 0 Å². The number of ketones is 1. The van der Waals surface area contributed by atoms with Gasteiger partial charge in [-0.25, -0.2) is 4.99 Å². The van der Waals surface area contributed by atoms with Gasteiger partial charge in [-0.05, 0) is 12.5 Å². The molecule has 1 aliphatic heterocycles. The van der Waals surface area contributed by atoms with E-state index in [9.17, 15) is 14.7 Å². The highest BCUT2D eigenvalue weighted by atomic mass is 16.3. The first-order chi connectivity index (χ1) is 6.68. The molecule has 1 amide bonds. The molecule has 1 aliphatic carbocycles. The van der Waals surface area contributed by atoms with Crippen molar-refractivity contribution in [3.63, 3.8) is 0 Å². The minimum Gasteiger partial charge on any atom is -0.507 e. The Labute approximate surface area is 80.0 Å². The summed E-state index contributed by atoms with van der Waals surface area (Å²) >= 11 is 0. The fourth-order valence-corrected chi connectivity index (χ4v) is 1.32. The number of aliphatic imine (C=N–C) groups is 1. The number of carbonyl (C=O) groups excluding carboxylic acids is 2. The van der Waals surface area contributed by atoms with Crippen LogP contribution < -0.4 is 0 Å². The van der Waals surface area contributed by atoms with Crippen LogP contribution >= 0.6 is 0 Å². The van der Waals surface area contributed by atoms with Crippen molar-refractivity contribution in [2.24, 2.45) is 4.99 Å². The Hall–Kier alpha value is -1.97. The minimum atomic E-state index is -0.846. The second-order valence-corrected chi connectivity index (χ2v) is 2.95. The SMILES string of the molecule is O=C1C=C(O)C2=CCC=CC2=NC1=O. The zero-order valence-electron chi connectivity index (χ0n) is 7.23. The maximum atomic E-state index is 11.1. The van der Waals surface area contributed by atoms with Crippen molar-refractivity contribution in [3.05, 3.63) is 35.6 Å². The Morgan fingerprint density at radius 1 is 1.36 bits per heavy atom. The Morgan fingerprint density at radius 3 is 2.93 bits per heavy atom. The lowest BCUT2D eigenvalue weighted by atomic mass is 10.0. The molecule has 0 saturated carbocycles. The lowest BCUT2D eigenvalue weighted by Gasteiger charge is -2.07. The van der Waals surface area contributed by atoms with Crippen molar-refractivity contribution in [2.75, 3.05) is 0 Å². The molecule has 14 heavy (non-hydrogen) atoms. The van der Waals surface area contributed by atoms with E-state index >= 15 is 0 Å². The molecular formula is C10H7NO3. The molecular weight excluding hydrogens is 182 g/mol. The number of amides is 1. The number of rotatable bonds is 0. The summed E-state index contributed by atoms with van der Waals surface area (Å²) in [6, 6.07) is 0. The van der Waals surface area contributed by atoms with Crippen LogP contribution in [0.3, 0.4) is 0 Å². The molecule has 0 bridgehead atoms. The predicted octanol–water partition coefficient (Wildman–Crippen LogP) is 0.865. The normalized spacial score (nSPS) is 20.7. The van der Waals surface area contributed by atoms with Gasteiger partial charge in [-0.15, -0.1) is 0 Å². The number of hydrogen-bond donors (Lipinski definition) is 1. The molecule has 4 nitrogen and oxygen atoms in total. The molecule has 0 saturated heterocycles. The van der Waals surface area contributed by atoms with Gasteiger partial charge in [0, 0.05) is 11.6 Å². The van der Waals surface area contributed by atoms with Crippen molar-refractivity contribution in [1.82, 2.24) is 0 Å². The summed E-state index contributed by atoms with van der Waals surface area (Å²) in [5.74, 6) is -1.83. The summed E-state index contributed by atoms with van der Waals surface area (Å²) in [5.41, 5.74) is 0.799. The number of nitrogens with zero attached hydrogens (tertiary/aromatic N) is 1. The highest BCUT2D eigenvalue weighted by Crippen LogP contribution is 2.18. The van der Waals surface area contributed by atoms with E-state index in [-0.39, 0.29) is 5.76 Å². The molecule has 4 heteroatoms. The Balaban J connectivity index is 2.58. The molecule has 2 rings (SSSR count). The standard InChI is InChI=1S/C10H7NO3/c12-8-5-9(13)10(14)11-7-4-2-1-3-6(7)8/h2-5,12H,1H2. The minimum absolute atomic E-state index is 0.191. The molecule has 0 radical (unpaired) electrons. The molecule has 0 aromatic rings. The van der Waals surface area contributed by atoms with Gasteiger partial charge >= 0.3 is 5.91 Å². The Kier molecular flexibility index (Phi) is 1.89. The summed E-state index contributed by atoms with van der Waals surface area (Å²) in [6.07, 6.45) is 6.71. The van der Waals surface area contributed by atoms with Crippen molar-refractivity contribution < 1.29 is 14.7 Å². The molecule has 1 N–H and O–H groups in total. The summed E-state index contributed by atoms with van der Waals surface area (Å²) in [5, 5.41) is 9.48. The van der Waals surface area contributed by atoms with Crippen molar-refractivity contribution in [3.8, 4) is 0 Å². The third-order valence-electron chi connectivity index (χ3n) is 1.99. The first-order valence-corrected chi connectivity index (χ1v) is 4.13.